The molecule has 1 aromatic rings. The van der Waals surface area contributed by atoms with Crippen LogP contribution >= 0.6 is 15.9 Å². The predicted molar refractivity (Wildman–Crippen MR) is 81.6 cm³/mol. The average molecular weight is 328 g/mol. The molecule has 0 radical (unpaired) electrons. The molecule has 1 aromatic carbocycles. The minimum atomic E-state index is -0.181. The van der Waals surface area contributed by atoms with Gasteiger partial charge in [-0.2, -0.15) is 0 Å². The molecule has 0 aromatic heterocycles. The van der Waals surface area contributed by atoms with Crippen molar-refractivity contribution >= 4 is 15.9 Å². The van der Waals surface area contributed by atoms with E-state index in [-0.39, 0.29) is 5.82 Å². The van der Waals surface area contributed by atoms with E-state index in [2.05, 4.69) is 34.7 Å². The van der Waals surface area contributed by atoms with Crippen LogP contribution in [-0.4, -0.2) is 17.5 Å². The highest BCUT2D eigenvalue weighted by Gasteiger charge is 2.23. The van der Waals surface area contributed by atoms with Gasteiger partial charge < -0.3 is 0 Å². The van der Waals surface area contributed by atoms with Crippen molar-refractivity contribution < 1.29 is 4.39 Å². The zero-order valence-corrected chi connectivity index (χ0v) is 13.4. The Kier molecular flexibility index (Phi) is 5.40. The Morgan fingerprint density at radius 1 is 1.32 bits per heavy atom. The second-order valence-electron chi connectivity index (χ2n) is 6.01. The van der Waals surface area contributed by atoms with Crippen LogP contribution in [0.15, 0.2) is 22.7 Å². The average Bonchev–Trinajstić information content (AvgIpc) is 2.86. The highest BCUT2D eigenvalue weighted by atomic mass is 79.9. The molecule has 0 amide bonds. The van der Waals surface area contributed by atoms with Crippen LogP contribution in [0, 0.1) is 11.7 Å². The Morgan fingerprint density at radius 3 is 2.58 bits per heavy atom. The van der Waals surface area contributed by atoms with Gasteiger partial charge in [-0.05, 0) is 52.4 Å². The Labute approximate surface area is 124 Å². The molecule has 106 valence electrons. The van der Waals surface area contributed by atoms with E-state index in [1.165, 1.54) is 31.2 Å². The summed E-state index contributed by atoms with van der Waals surface area (Å²) < 4.78 is 13.9. The van der Waals surface area contributed by atoms with Gasteiger partial charge in [0.1, 0.15) is 5.82 Å². The second-order valence-corrected chi connectivity index (χ2v) is 6.86. The van der Waals surface area contributed by atoms with Crippen molar-refractivity contribution in [2.45, 2.75) is 52.1 Å². The third kappa shape index (κ3) is 4.28. The maximum absolute atomic E-state index is 13.3. The largest absolute Gasteiger partial charge is 0.296 e. The lowest BCUT2D eigenvalue weighted by molar-refractivity contribution is 0.168. The van der Waals surface area contributed by atoms with E-state index in [9.17, 15) is 4.39 Å². The van der Waals surface area contributed by atoms with Gasteiger partial charge in [0.05, 0.1) is 4.47 Å². The fraction of sp³-hybridized carbons (Fsp3) is 0.625. The summed E-state index contributed by atoms with van der Waals surface area (Å²) in [6, 6.07) is 6.09. The van der Waals surface area contributed by atoms with E-state index in [0.717, 1.165) is 13.1 Å². The van der Waals surface area contributed by atoms with Gasteiger partial charge in [0.2, 0.25) is 0 Å². The molecule has 0 bridgehead atoms. The molecule has 0 atom stereocenters. The molecule has 1 nitrogen and oxygen atoms in total. The molecule has 0 saturated heterocycles. The Hall–Kier alpha value is -0.410. The number of rotatable bonds is 5. The van der Waals surface area contributed by atoms with Gasteiger partial charge >= 0.3 is 0 Å². The fourth-order valence-corrected chi connectivity index (χ4v) is 3.38. The molecule has 0 aliphatic heterocycles. The first-order chi connectivity index (χ1) is 9.06. The fourth-order valence-electron chi connectivity index (χ4n) is 2.95. The van der Waals surface area contributed by atoms with E-state index >= 15 is 0 Å². The first-order valence-corrected chi connectivity index (χ1v) is 8.03. The molecule has 1 fully saturated rings. The van der Waals surface area contributed by atoms with Gasteiger partial charge in [0.15, 0.2) is 0 Å². The predicted octanol–water partition coefficient (Wildman–Crippen LogP) is 4.99. The van der Waals surface area contributed by atoms with Gasteiger partial charge in [0.25, 0.3) is 0 Å². The quantitative estimate of drug-likeness (QED) is 0.736. The molecule has 0 N–H and O–H groups in total. The normalized spacial score (nSPS) is 16.7. The molecule has 2 rings (SSSR count). The molecular weight excluding hydrogens is 305 g/mol. The van der Waals surface area contributed by atoms with Gasteiger partial charge in [-0.15, -0.1) is 0 Å². The third-order valence-corrected chi connectivity index (χ3v) is 4.42. The summed E-state index contributed by atoms with van der Waals surface area (Å²) in [5.74, 6) is 0.490. The zero-order chi connectivity index (χ0) is 13.8. The summed E-state index contributed by atoms with van der Waals surface area (Å²) in [4.78, 5) is 2.58. The molecule has 1 saturated carbocycles. The van der Waals surface area contributed by atoms with Crippen LogP contribution in [0.5, 0.6) is 0 Å². The van der Waals surface area contributed by atoms with E-state index in [4.69, 9.17) is 0 Å². The second kappa shape index (κ2) is 6.85. The zero-order valence-electron chi connectivity index (χ0n) is 11.8. The molecular formula is C16H23BrFN. The maximum atomic E-state index is 13.3. The minimum absolute atomic E-state index is 0.181. The highest BCUT2D eigenvalue weighted by molar-refractivity contribution is 9.10. The lowest BCUT2D eigenvalue weighted by Crippen LogP contribution is -2.35. The topological polar surface area (TPSA) is 3.24 Å². The molecule has 0 unspecified atom stereocenters. The van der Waals surface area contributed by atoms with Gasteiger partial charge in [-0.1, -0.05) is 32.8 Å². The molecule has 0 heterocycles. The third-order valence-electron chi connectivity index (χ3n) is 3.81. The van der Waals surface area contributed by atoms with Crippen LogP contribution in [0.2, 0.25) is 0 Å². The number of hydrogen-bond donors (Lipinski definition) is 0. The number of halogens is 2. The van der Waals surface area contributed by atoms with Crippen molar-refractivity contribution in [3.05, 3.63) is 34.1 Å². The van der Waals surface area contributed by atoms with Gasteiger partial charge in [-0.3, -0.25) is 4.90 Å². The molecule has 3 heteroatoms. The Balaban J connectivity index is 2.07. The van der Waals surface area contributed by atoms with E-state index in [1.807, 2.05) is 12.1 Å². The van der Waals surface area contributed by atoms with Crippen molar-refractivity contribution in [2.75, 3.05) is 6.54 Å². The van der Waals surface area contributed by atoms with Crippen molar-refractivity contribution in [1.82, 2.24) is 4.90 Å². The van der Waals surface area contributed by atoms with Crippen molar-refractivity contribution in [3.63, 3.8) is 0 Å². The van der Waals surface area contributed by atoms with E-state index in [1.54, 1.807) is 6.07 Å². The molecule has 1 aliphatic rings. The van der Waals surface area contributed by atoms with Crippen LogP contribution in [-0.2, 0) is 6.54 Å². The molecule has 1 aliphatic carbocycles. The van der Waals surface area contributed by atoms with Crippen molar-refractivity contribution in [3.8, 4) is 0 Å². The summed E-state index contributed by atoms with van der Waals surface area (Å²) >= 11 is 3.28. The monoisotopic (exact) mass is 327 g/mol. The van der Waals surface area contributed by atoms with E-state index < -0.39 is 0 Å². The highest BCUT2D eigenvalue weighted by Crippen LogP contribution is 2.26. The first kappa shape index (κ1) is 15.0. The lowest BCUT2D eigenvalue weighted by Gasteiger charge is -2.30. The Bertz CT molecular complexity index is 413. The number of benzene rings is 1. The van der Waals surface area contributed by atoms with Gasteiger partial charge in [0, 0.05) is 19.1 Å². The summed E-state index contributed by atoms with van der Waals surface area (Å²) in [7, 11) is 0. The van der Waals surface area contributed by atoms with Crippen LogP contribution in [0.4, 0.5) is 4.39 Å². The van der Waals surface area contributed by atoms with Crippen LogP contribution in [0.1, 0.15) is 45.1 Å². The van der Waals surface area contributed by atoms with Crippen LogP contribution < -0.4 is 0 Å². The summed E-state index contributed by atoms with van der Waals surface area (Å²) in [5, 5.41) is 0. The molecule has 0 spiro atoms. The minimum Gasteiger partial charge on any atom is -0.296 e. The van der Waals surface area contributed by atoms with E-state index in [0.29, 0.717) is 16.4 Å². The van der Waals surface area contributed by atoms with Crippen LogP contribution in [0.25, 0.3) is 0 Å². The summed E-state index contributed by atoms with van der Waals surface area (Å²) in [6.07, 6.45) is 5.34. The molecule has 19 heavy (non-hydrogen) atoms. The maximum Gasteiger partial charge on any atom is 0.137 e. The lowest BCUT2D eigenvalue weighted by atomic mass is 10.1. The SMILES string of the molecule is CC(C)CN(Cc1ccc(F)c(Br)c1)C1CCCC1. The summed E-state index contributed by atoms with van der Waals surface area (Å²) in [5.41, 5.74) is 1.20. The van der Waals surface area contributed by atoms with Gasteiger partial charge in [-0.25, -0.2) is 4.39 Å². The van der Waals surface area contributed by atoms with Crippen molar-refractivity contribution in [2.24, 2.45) is 5.92 Å². The smallest absolute Gasteiger partial charge is 0.137 e. The number of hydrogen-bond acceptors (Lipinski definition) is 1. The van der Waals surface area contributed by atoms with Crippen LogP contribution in [0.3, 0.4) is 0 Å². The Morgan fingerprint density at radius 2 is 2.00 bits per heavy atom. The standard InChI is InChI=1S/C16H23BrFN/c1-12(2)10-19(14-5-3-4-6-14)11-13-7-8-16(18)15(17)9-13/h7-9,12,14H,3-6,10-11H2,1-2H3. The van der Waals surface area contributed by atoms with Crippen molar-refractivity contribution in [1.29, 1.82) is 0 Å². The summed E-state index contributed by atoms with van der Waals surface area (Å²) in [6.45, 7) is 6.59. The number of nitrogens with zero attached hydrogens (tertiary/aromatic N) is 1. The first-order valence-electron chi connectivity index (χ1n) is 7.24.